The fourth-order valence-electron chi connectivity index (χ4n) is 3.96. The Hall–Kier alpha value is -2.14. The Labute approximate surface area is 128 Å². The SMILES string of the molecule is c1ccc2c(Cc3nnc4n3CC3CCC(C4)N3)c[nH]c2c1. The van der Waals surface area contributed by atoms with E-state index in [1.807, 2.05) is 0 Å². The van der Waals surface area contributed by atoms with E-state index in [1.54, 1.807) is 0 Å². The van der Waals surface area contributed by atoms with Crippen LogP contribution in [-0.2, 0) is 19.4 Å². The van der Waals surface area contributed by atoms with Gasteiger partial charge in [0.2, 0.25) is 0 Å². The first-order valence-electron chi connectivity index (χ1n) is 8.09. The van der Waals surface area contributed by atoms with E-state index < -0.39 is 0 Å². The minimum atomic E-state index is 0.587. The molecule has 0 spiro atoms. The summed E-state index contributed by atoms with van der Waals surface area (Å²) < 4.78 is 2.35. The third-order valence-corrected chi connectivity index (χ3v) is 5.09. The molecule has 2 aliphatic rings. The number of fused-ring (bicyclic) bond motifs is 4. The van der Waals surface area contributed by atoms with Crippen LogP contribution in [0.4, 0.5) is 0 Å². The minimum absolute atomic E-state index is 0.587. The number of nitrogens with zero attached hydrogens (tertiary/aromatic N) is 3. The van der Waals surface area contributed by atoms with E-state index in [-0.39, 0.29) is 0 Å². The molecule has 0 saturated carbocycles. The predicted molar refractivity (Wildman–Crippen MR) is 84.8 cm³/mol. The average Bonchev–Trinajstić information content (AvgIpc) is 3.19. The van der Waals surface area contributed by atoms with Gasteiger partial charge in [0.05, 0.1) is 0 Å². The number of nitrogens with one attached hydrogen (secondary N) is 2. The number of benzene rings is 1. The summed E-state index contributed by atoms with van der Waals surface area (Å²) in [6.07, 6.45) is 6.50. The van der Waals surface area contributed by atoms with Crippen molar-refractivity contribution in [2.75, 3.05) is 0 Å². The van der Waals surface area contributed by atoms with Crippen LogP contribution in [0.1, 0.15) is 30.1 Å². The highest BCUT2D eigenvalue weighted by Crippen LogP contribution is 2.25. The van der Waals surface area contributed by atoms with Crippen molar-refractivity contribution in [3.63, 3.8) is 0 Å². The highest BCUT2D eigenvalue weighted by Gasteiger charge is 2.31. The highest BCUT2D eigenvalue weighted by atomic mass is 15.3. The highest BCUT2D eigenvalue weighted by molar-refractivity contribution is 5.83. The lowest BCUT2D eigenvalue weighted by atomic mass is 10.1. The first-order valence-corrected chi connectivity index (χ1v) is 8.09. The fraction of sp³-hybridized carbons (Fsp3) is 0.412. The fourth-order valence-corrected chi connectivity index (χ4v) is 3.96. The Balaban J connectivity index is 1.52. The van der Waals surface area contributed by atoms with Crippen LogP contribution in [0.3, 0.4) is 0 Å². The molecule has 2 aliphatic heterocycles. The Kier molecular flexibility index (Phi) is 2.64. The van der Waals surface area contributed by atoms with Crippen LogP contribution in [0.5, 0.6) is 0 Å². The third kappa shape index (κ3) is 1.89. The molecule has 2 N–H and O–H groups in total. The van der Waals surface area contributed by atoms with Crippen LogP contribution in [-0.4, -0.2) is 31.8 Å². The van der Waals surface area contributed by atoms with Gasteiger partial charge in [0, 0.05) is 48.6 Å². The van der Waals surface area contributed by atoms with E-state index in [2.05, 4.69) is 55.5 Å². The lowest BCUT2D eigenvalue weighted by Gasteiger charge is -2.13. The van der Waals surface area contributed by atoms with E-state index in [4.69, 9.17) is 0 Å². The van der Waals surface area contributed by atoms with Gasteiger partial charge in [-0.2, -0.15) is 0 Å². The smallest absolute Gasteiger partial charge is 0.137 e. The second kappa shape index (κ2) is 4.68. The van der Waals surface area contributed by atoms with Crippen molar-refractivity contribution in [3.05, 3.63) is 47.7 Å². The number of aromatic amines is 1. The molecule has 22 heavy (non-hydrogen) atoms. The summed E-state index contributed by atoms with van der Waals surface area (Å²) in [7, 11) is 0. The molecule has 5 rings (SSSR count). The number of para-hydroxylation sites is 1. The standard InChI is InChI=1S/C17H19N5/c1-2-4-15-14(3-1)11(9-18-15)7-16-20-21-17-8-12-5-6-13(19-12)10-22(16)17/h1-4,9,12-13,18-19H,5-8,10H2. The van der Waals surface area contributed by atoms with Gasteiger partial charge in [-0.15, -0.1) is 10.2 Å². The summed E-state index contributed by atoms with van der Waals surface area (Å²) in [6, 6.07) is 9.62. The van der Waals surface area contributed by atoms with Crippen molar-refractivity contribution >= 4 is 10.9 Å². The molecule has 2 bridgehead atoms. The molecule has 5 nitrogen and oxygen atoms in total. The number of aromatic nitrogens is 4. The number of H-pyrrole nitrogens is 1. The quantitative estimate of drug-likeness (QED) is 0.760. The molecule has 1 aromatic carbocycles. The monoisotopic (exact) mass is 293 g/mol. The zero-order chi connectivity index (χ0) is 14.5. The van der Waals surface area contributed by atoms with Crippen LogP contribution in [0.25, 0.3) is 10.9 Å². The topological polar surface area (TPSA) is 58.5 Å². The molecule has 3 aromatic rings. The van der Waals surface area contributed by atoms with Gasteiger partial charge in [-0.3, -0.25) is 0 Å². The van der Waals surface area contributed by atoms with Crippen LogP contribution in [0, 0.1) is 0 Å². The van der Waals surface area contributed by atoms with Gasteiger partial charge in [-0.05, 0) is 24.5 Å². The van der Waals surface area contributed by atoms with Gasteiger partial charge in [0.1, 0.15) is 11.6 Å². The molecule has 0 radical (unpaired) electrons. The van der Waals surface area contributed by atoms with Crippen molar-refractivity contribution in [1.82, 2.24) is 25.1 Å². The molecule has 2 atom stereocenters. The van der Waals surface area contributed by atoms with Crippen LogP contribution in [0.2, 0.25) is 0 Å². The zero-order valence-corrected chi connectivity index (χ0v) is 12.4. The van der Waals surface area contributed by atoms with Gasteiger partial charge in [0.15, 0.2) is 0 Å². The van der Waals surface area contributed by atoms with E-state index in [1.165, 1.54) is 29.3 Å². The Morgan fingerprint density at radius 3 is 3.05 bits per heavy atom. The maximum atomic E-state index is 4.49. The molecule has 5 heteroatoms. The second-order valence-corrected chi connectivity index (χ2v) is 6.52. The molecule has 1 fully saturated rings. The van der Waals surface area contributed by atoms with Crippen LogP contribution >= 0.6 is 0 Å². The normalized spacial score (nSPS) is 23.6. The largest absolute Gasteiger partial charge is 0.361 e. The summed E-state index contributed by atoms with van der Waals surface area (Å²) in [6.45, 7) is 1.01. The Bertz CT molecular complexity index is 831. The molecule has 2 unspecified atom stereocenters. The molecule has 0 amide bonds. The molecule has 1 saturated heterocycles. The number of hydrogen-bond acceptors (Lipinski definition) is 3. The van der Waals surface area contributed by atoms with E-state index >= 15 is 0 Å². The first-order chi connectivity index (χ1) is 10.9. The molecule has 0 aliphatic carbocycles. The number of hydrogen-bond donors (Lipinski definition) is 2. The summed E-state index contributed by atoms with van der Waals surface area (Å²) in [5, 5.41) is 13.9. The van der Waals surface area contributed by atoms with Crippen molar-refractivity contribution in [3.8, 4) is 0 Å². The average molecular weight is 293 g/mol. The van der Waals surface area contributed by atoms with Gasteiger partial charge in [-0.25, -0.2) is 0 Å². The summed E-state index contributed by atoms with van der Waals surface area (Å²) in [5.74, 6) is 2.24. The van der Waals surface area contributed by atoms with Gasteiger partial charge in [-0.1, -0.05) is 18.2 Å². The lowest BCUT2D eigenvalue weighted by molar-refractivity contribution is 0.499. The molecular weight excluding hydrogens is 274 g/mol. The van der Waals surface area contributed by atoms with Crippen LogP contribution in [0.15, 0.2) is 30.5 Å². The van der Waals surface area contributed by atoms with Crippen molar-refractivity contribution < 1.29 is 0 Å². The maximum Gasteiger partial charge on any atom is 0.137 e. The van der Waals surface area contributed by atoms with Gasteiger partial charge in [0.25, 0.3) is 0 Å². The van der Waals surface area contributed by atoms with Crippen molar-refractivity contribution in [2.45, 2.75) is 44.3 Å². The van der Waals surface area contributed by atoms with E-state index in [0.717, 1.165) is 31.0 Å². The van der Waals surface area contributed by atoms with E-state index in [9.17, 15) is 0 Å². The van der Waals surface area contributed by atoms with Crippen LogP contribution < -0.4 is 5.32 Å². The molecule has 2 aromatic heterocycles. The second-order valence-electron chi connectivity index (χ2n) is 6.52. The molecule has 112 valence electrons. The third-order valence-electron chi connectivity index (χ3n) is 5.09. The van der Waals surface area contributed by atoms with Gasteiger partial charge >= 0.3 is 0 Å². The van der Waals surface area contributed by atoms with Gasteiger partial charge < -0.3 is 14.9 Å². The first kappa shape index (κ1) is 12.4. The van der Waals surface area contributed by atoms with Crippen molar-refractivity contribution in [1.29, 1.82) is 0 Å². The number of rotatable bonds is 2. The predicted octanol–water partition coefficient (Wildman–Crippen LogP) is 2.03. The maximum absolute atomic E-state index is 4.49. The Morgan fingerprint density at radius 2 is 2.05 bits per heavy atom. The zero-order valence-electron chi connectivity index (χ0n) is 12.4. The van der Waals surface area contributed by atoms with E-state index in [0.29, 0.717) is 12.1 Å². The summed E-state index contributed by atoms with van der Waals surface area (Å²) in [4.78, 5) is 3.35. The summed E-state index contributed by atoms with van der Waals surface area (Å²) >= 11 is 0. The summed E-state index contributed by atoms with van der Waals surface area (Å²) in [5.41, 5.74) is 2.49. The Morgan fingerprint density at radius 1 is 1.14 bits per heavy atom. The molecule has 4 heterocycles. The van der Waals surface area contributed by atoms with Crippen molar-refractivity contribution in [2.24, 2.45) is 0 Å². The minimum Gasteiger partial charge on any atom is -0.361 e. The molecular formula is C17H19N5. The lowest BCUT2D eigenvalue weighted by Crippen LogP contribution is -2.30.